The summed E-state index contributed by atoms with van der Waals surface area (Å²) in [5.41, 5.74) is 6.60. The Morgan fingerprint density at radius 3 is 2.68 bits per heavy atom. The third kappa shape index (κ3) is 2.28. The molecule has 4 nitrogen and oxygen atoms in total. The standard InChI is InChI=1S/C12H13F2IN4/c13-12(14)3-1-7(2-4-12)19-5-8(15)9-10(16)17-6-18-11(9)19/h5-7H,1-4H2,(H2,16,17,18). The van der Waals surface area contributed by atoms with Crippen LogP contribution in [0.4, 0.5) is 14.6 Å². The van der Waals surface area contributed by atoms with Gasteiger partial charge in [0, 0.05) is 28.7 Å². The molecule has 0 unspecified atom stereocenters. The summed E-state index contributed by atoms with van der Waals surface area (Å²) in [5.74, 6) is -2.07. The maximum absolute atomic E-state index is 13.2. The molecule has 2 heterocycles. The first-order chi connectivity index (χ1) is 8.98. The number of anilines is 1. The molecule has 1 fully saturated rings. The molecule has 0 atom stereocenters. The van der Waals surface area contributed by atoms with Gasteiger partial charge in [0.25, 0.3) is 0 Å². The van der Waals surface area contributed by atoms with E-state index in [0.717, 1.165) is 14.6 Å². The van der Waals surface area contributed by atoms with Crippen LogP contribution in [0.25, 0.3) is 11.0 Å². The number of hydrogen-bond donors (Lipinski definition) is 1. The highest BCUT2D eigenvalue weighted by atomic mass is 127. The normalized spacial score (nSPS) is 19.9. The SMILES string of the molecule is Nc1ncnc2c1c(I)cn2C1CCC(F)(F)CC1. The molecule has 1 saturated carbocycles. The predicted molar refractivity (Wildman–Crippen MR) is 77.1 cm³/mol. The van der Waals surface area contributed by atoms with E-state index in [1.807, 2.05) is 10.8 Å². The number of aromatic nitrogens is 3. The number of nitrogens with two attached hydrogens (primary N) is 1. The molecule has 0 saturated heterocycles. The molecule has 2 N–H and O–H groups in total. The maximum atomic E-state index is 13.2. The number of nitrogen functional groups attached to an aromatic ring is 1. The topological polar surface area (TPSA) is 56.7 Å². The molecule has 19 heavy (non-hydrogen) atoms. The quantitative estimate of drug-likeness (QED) is 0.775. The van der Waals surface area contributed by atoms with E-state index >= 15 is 0 Å². The Bertz CT molecular complexity index is 615. The van der Waals surface area contributed by atoms with Crippen LogP contribution in [-0.2, 0) is 0 Å². The summed E-state index contributed by atoms with van der Waals surface area (Å²) in [6.45, 7) is 0. The average Bonchev–Trinajstić information content (AvgIpc) is 2.68. The van der Waals surface area contributed by atoms with Gasteiger partial charge in [-0.2, -0.15) is 0 Å². The van der Waals surface area contributed by atoms with Crippen LogP contribution in [0.2, 0.25) is 0 Å². The van der Waals surface area contributed by atoms with Gasteiger partial charge in [0.15, 0.2) is 0 Å². The monoisotopic (exact) mass is 378 g/mol. The van der Waals surface area contributed by atoms with Crippen molar-refractivity contribution in [2.75, 3.05) is 5.73 Å². The van der Waals surface area contributed by atoms with Crippen LogP contribution in [-0.4, -0.2) is 20.5 Å². The predicted octanol–water partition coefficient (Wildman–Crippen LogP) is 3.37. The Morgan fingerprint density at radius 1 is 1.32 bits per heavy atom. The molecule has 2 aromatic heterocycles. The van der Waals surface area contributed by atoms with Crippen molar-refractivity contribution < 1.29 is 8.78 Å². The molecule has 0 aromatic carbocycles. The Hall–Kier alpha value is -0.990. The van der Waals surface area contributed by atoms with Gasteiger partial charge in [0.05, 0.1) is 5.39 Å². The lowest BCUT2D eigenvalue weighted by Gasteiger charge is -2.29. The lowest BCUT2D eigenvalue weighted by molar-refractivity contribution is -0.0436. The Balaban J connectivity index is 2.00. The number of rotatable bonds is 1. The molecular weight excluding hydrogens is 365 g/mol. The van der Waals surface area contributed by atoms with Gasteiger partial charge in [-0.05, 0) is 35.4 Å². The number of fused-ring (bicyclic) bond motifs is 1. The van der Waals surface area contributed by atoms with E-state index < -0.39 is 5.92 Å². The largest absolute Gasteiger partial charge is 0.383 e. The minimum absolute atomic E-state index is 0.0610. The number of hydrogen-bond acceptors (Lipinski definition) is 3. The second kappa shape index (κ2) is 4.53. The van der Waals surface area contributed by atoms with Crippen molar-refractivity contribution in [2.45, 2.75) is 37.6 Å². The van der Waals surface area contributed by atoms with Crippen LogP contribution in [0.1, 0.15) is 31.7 Å². The van der Waals surface area contributed by atoms with Crippen molar-refractivity contribution in [1.29, 1.82) is 0 Å². The first kappa shape index (κ1) is 13.0. The zero-order valence-corrected chi connectivity index (χ0v) is 12.3. The summed E-state index contributed by atoms with van der Waals surface area (Å²) in [6, 6.07) is 0.0694. The minimum Gasteiger partial charge on any atom is -0.383 e. The number of halogens is 3. The number of nitrogens with zero attached hydrogens (tertiary/aromatic N) is 3. The first-order valence-corrected chi connectivity index (χ1v) is 7.20. The summed E-state index contributed by atoms with van der Waals surface area (Å²) >= 11 is 2.18. The molecule has 0 aliphatic heterocycles. The minimum atomic E-state index is -2.51. The third-order valence-corrected chi connectivity index (χ3v) is 4.49. The van der Waals surface area contributed by atoms with Crippen molar-refractivity contribution in [3.63, 3.8) is 0 Å². The molecule has 0 amide bonds. The van der Waals surface area contributed by atoms with Crippen LogP contribution in [0.5, 0.6) is 0 Å². The van der Waals surface area contributed by atoms with Crippen molar-refractivity contribution >= 4 is 39.4 Å². The van der Waals surface area contributed by atoms with Crippen LogP contribution >= 0.6 is 22.6 Å². The van der Waals surface area contributed by atoms with Crippen molar-refractivity contribution in [3.8, 4) is 0 Å². The summed E-state index contributed by atoms with van der Waals surface area (Å²) < 4.78 is 29.4. The smallest absolute Gasteiger partial charge is 0.248 e. The van der Waals surface area contributed by atoms with Crippen molar-refractivity contribution in [1.82, 2.24) is 14.5 Å². The lowest BCUT2D eigenvalue weighted by Crippen LogP contribution is -2.26. The van der Waals surface area contributed by atoms with E-state index in [9.17, 15) is 8.78 Å². The van der Waals surface area contributed by atoms with Gasteiger partial charge in [-0.25, -0.2) is 18.7 Å². The van der Waals surface area contributed by atoms with Crippen molar-refractivity contribution in [2.24, 2.45) is 0 Å². The molecular formula is C12H13F2IN4. The highest BCUT2D eigenvalue weighted by molar-refractivity contribution is 14.1. The molecule has 0 spiro atoms. The zero-order chi connectivity index (χ0) is 13.6. The average molecular weight is 378 g/mol. The summed E-state index contributed by atoms with van der Waals surface area (Å²) in [7, 11) is 0. The van der Waals surface area contributed by atoms with Gasteiger partial charge in [-0.1, -0.05) is 0 Å². The number of alkyl halides is 2. The van der Waals surface area contributed by atoms with Gasteiger partial charge < -0.3 is 10.3 Å². The summed E-state index contributed by atoms with van der Waals surface area (Å²) in [5, 5.41) is 0.820. The van der Waals surface area contributed by atoms with E-state index in [-0.39, 0.29) is 18.9 Å². The van der Waals surface area contributed by atoms with Gasteiger partial charge >= 0.3 is 0 Å². The Morgan fingerprint density at radius 2 is 2.00 bits per heavy atom. The Kier molecular flexibility index (Phi) is 3.11. The van der Waals surface area contributed by atoms with Gasteiger partial charge in [-0.15, -0.1) is 0 Å². The fraction of sp³-hybridized carbons (Fsp3) is 0.500. The first-order valence-electron chi connectivity index (χ1n) is 6.12. The van der Waals surface area contributed by atoms with Crippen LogP contribution in [0.3, 0.4) is 0 Å². The molecule has 1 aliphatic carbocycles. The lowest BCUT2D eigenvalue weighted by atomic mass is 9.92. The molecule has 7 heteroatoms. The van der Waals surface area contributed by atoms with Crippen LogP contribution in [0, 0.1) is 3.57 Å². The summed E-state index contributed by atoms with van der Waals surface area (Å²) in [6.07, 6.45) is 4.17. The maximum Gasteiger partial charge on any atom is 0.248 e. The summed E-state index contributed by atoms with van der Waals surface area (Å²) in [4.78, 5) is 8.23. The van der Waals surface area contributed by atoms with E-state index in [2.05, 4.69) is 32.6 Å². The molecule has 2 aromatic rings. The van der Waals surface area contributed by atoms with Crippen LogP contribution < -0.4 is 5.73 Å². The molecule has 1 aliphatic rings. The van der Waals surface area contributed by atoms with E-state index in [1.54, 1.807) is 0 Å². The second-order valence-corrected chi connectivity index (χ2v) is 6.09. The molecule has 102 valence electrons. The van der Waals surface area contributed by atoms with Crippen molar-refractivity contribution in [3.05, 3.63) is 16.1 Å². The van der Waals surface area contributed by atoms with E-state index in [4.69, 9.17) is 5.73 Å². The Labute approximate surface area is 122 Å². The third-order valence-electron chi connectivity index (χ3n) is 3.67. The molecule has 3 rings (SSSR count). The molecule has 0 bridgehead atoms. The fourth-order valence-corrected chi connectivity index (χ4v) is 3.46. The van der Waals surface area contributed by atoms with E-state index in [1.165, 1.54) is 6.33 Å². The van der Waals surface area contributed by atoms with E-state index in [0.29, 0.717) is 18.7 Å². The van der Waals surface area contributed by atoms with Gasteiger partial charge in [0.1, 0.15) is 17.8 Å². The highest BCUT2D eigenvalue weighted by Gasteiger charge is 2.36. The highest BCUT2D eigenvalue weighted by Crippen LogP contribution is 2.40. The van der Waals surface area contributed by atoms with Crippen LogP contribution in [0.15, 0.2) is 12.5 Å². The fourth-order valence-electron chi connectivity index (χ4n) is 2.64. The molecule has 0 radical (unpaired) electrons. The van der Waals surface area contributed by atoms with Gasteiger partial charge in [0.2, 0.25) is 5.92 Å². The zero-order valence-electron chi connectivity index (χ0n) is 10.1. The van der Waals surface area contributed by atoms with Gasteiger partial charge in [-0.3, -0.25) is 0 Å². The second-order valence-electron chi connectivity index (χ2n) is 4.93.